The van der Waals surface area contributed by atoms with E-state index in [-0.39, 0.29) is 5.75 Å². The molecule has 1 saturated heterocycles. The molecule has 1 aromatic heterocycles. The van der Waals surface area contributed by atoms with E-state index >= 15 is 0 Å². The van der Waals surface area contributed by atoms with Crippen LogP contribution in [0.15, 0.2) is 22.6 Å². The van der Waals surface area contributed by atoms with Crippen molar-refractivity contribution in [2.45, 2.75) is 37.0 Å². The largest absolute Gasteiger partial charge is 0.460 e. The number of aliphatic hydroxyl groups is 3. The van der Waals surface area contributed by atoms with Gasteiger partial charge in [0.1, 0.15) is 18.3 Å². The van der Waals surface area contributed by atoms with Crippen LogP contribution in [0.3, 0.4) is 0 Å². The summed E-state index contributed by atoms with van der Waals surface area (Å²) in [6.07, 6.45) is -7.38. The van der Waals surface area contributed by atoms with Crippen LogP contribution < -0.4 is 4.74 Å². The molecule has 4 N–H and O–H groups in total. The first-order valence-electron chi connectivity index (χ1n) is 6.87. The van der Waals surface area contributed by atoms with Crippen molar-refractivity contribution in [1.82, 2.24) is 4.98 Å². The molecule has 10 nitrogen and oxygen atoms in total. The molecule has 0 aliphatic carbocycles. The molecule has 1 aromatic carbocycles. The zero-order valence-corrected chi connectivity index (χ0v) is 13.1. The molecule has 1 aliphatic heterocycles. The SMILES string of the molecule is Cc1nc2c(O[C@@H]3OC(S(=O)(=O)O)[C@@H](O)[C@H](O)[C@H]3O)cccc2o1. The number of ether oxygens (including phenoxy) is 2. The normalized spacial score (nSPS) is 31.3. The highest BCUT2D eigenvalue weighted by Crippen LogP contribution is 2.30. The number of aliphatic hydroxyl groups excluding tert-OH is 3. The van der Waals surface area contributed by atoms with Crippen molar-refractivity contribution in [3.05, 3.63) is 24.1 Å². The van der Waals surface area contributed by atoms with E-state index < -0.39 is 40.2 Å². The number of oxazole rings is 1. The molecular formula is C13H15NO9S. The lowest BCUT2D eigenvalue weighted by atomic mass is 10.1. The molecule has 1 aliphatic rings. The zero-order valence-electron chi connectivity index (χ0n) is 12.3. The van der Waals surface area contributed by atoms with Gasteiger partial charge in [-0.15, -0.1) is 0 Å². The molecule has 0 spiro atoms. The van der Waals surface area contributed by atoms with E-state index in [0.717, 1.165) is 0 Å². The van der Waals surface area contributed by atoms with Gasteiger partial charge in [0.25, 0.3) is 10.1 Å². The molecule has 11 heteroatoms. The Morgan fingerprint density at radius 3 is 2.54 bits per heavy atom. The summed E-state index contributed by atoms with van der Waals surface area (Å²) in [7, 11) is -4.85. The standard InChI is InChI=1S/C13H15NO9S/c1-5-14-8-6(21-5)3-2-4-7(8)22-12-10(16)9(15)11(17)13(23-12)24(18,19)20/h2-4,9-13,15-17H,1H3,(H,18,19,20)/t9-,10-,11+,12-,13?/m1/s1. The Morgan fingerprint density at radius 1 is 1.17 bits per heavy atom. The monoisotopic (exact) mass is 361 g/mol. The minimum absolute atomic E-state index is 0.103. The molecule has 0 bridgehead atoms. The maximum atomic E-state index is 11.3. The minimum Gasteiger partial charge on any atom is -0.460 e. The topological polar surface area (TPSA) is 160 Å². The van der Waals surface area contributed by atoms with Gasteiger partial charge in [0.2, 0.25) is 11.7 Å². The van der Waals surface area contributed by atoms with Gasteiger partial charge in [-0.3, -0.25) is 4.55 Å². The highest BCUT2D eigenvalue weighted by atomic mass is 32.2. The third-order valence-corrected chi connectivity index (χ3v) is 4.53. The van der Waals surface area contributed by atoms with Crippen LogP contribution in [0.5, 0.6) is 5.75 Å². The van der Waals surface area contributed by atoms with Crippen LogP contribution in [0.25, 0.3) is 11.1 Å². The van der Waals surface area contributed by atoms with Gasteiger partial charge in [-0.2, -0.15) is 8.42 Å². The summed E-state index contributed by atoms with van der Waals surface area (Å²) >= 11 is 0. The molecule has 0 amide bonds. The number of fused-ring (bicyclic) bond motifs is 1. The molecule has 2 aromatic rings. The smallest absolute Gasteiger partial charge is 0.295 e. The first kappa shape index (κ1) is 17.1. The van der Waals surface area contributed by atoms with Gasteiger partial charge in [-0.05, 0) is 12.1 Å². The lowest BCUT2D eigenvalue weighted by Gasteiger charge is -2.38. The third kappa shape index (κ3) is 2.97. The number of nitrogens with zero attached hydrogens (tertiary/aromatic N) is 1. The summed E-state index contributed by atoms with van der Waals surface area (Å²) in [6, 6.07) is 4.67. The van der Waals surface area contributed by atoms with E-state index in [9.17, 15) is 23.7 Å². The van der Waals surface area contributed by atoms with Crippen molar-refractivity contribution in [2.75, 3.05) is 0 Å². The van der Waals surface area contributed by atoms with Crippen LogP contribution in [-0.4, -0.2) is 63.3 Å². The van der Waals surface area contributed by atoms with E-state index in [4.69, 9.17) is 18.4 Å². The molecule has 1 fully saturated rings. The fraction of sp³-hybridized carbons (Fsp3) is 0.462. The fourth-order valence-corrected chi connectivity index (χ4v) is 3.18. The lowest BCUT2D eigenvalue weighted by molar-refractivity contribution is -0.254. The average molecular weight is 361 g/mol. The van der Waals surface area contributed by atoms with Gasteiger partial charge in [0, 0.05) is 6.92 Å². The minimum atomic E-state index is -4.85. The summed E-state index contributed by atoms with van der Waals surface area (Å²) < 4.78 is 47.2. The molecule has 2 heterocycles. The van der Waals surface area contributed by atoms with Crippen LogP contribution >= 0.6 is 0 Å². The van der Waals surface area contributed by atoms with Gasteiger partial charge < -0.3 is 29.2 Å². The Labute approximate surface area is 136 Å². The van der Waals surface area contributed by atoms with Gasteiger partial charge in [0.05, 0.1) is 0 Å². The number of benzene rings is 1. The number of aromatic nitrogens is 1. The maximum Gasteiger partial charge on any atom is 0.295 e. The van der Waals surface area contributed by atoms with Crippen molar-refractivity contribution in [3.8, 4) is 5.75 Å². The van der Waals surface area contributed by atoms with Gasteiger partial charge in [0.15, 0.2) is 22.7 Å². The Hall–Kier alpha value is -1.76. The van der Waals surface area contributed by atoms with Crippen LogP contribution in [0, 0.1) is 6.92 Å². The number of rotatable bonds is 3. The van der Waals surface area contributed by atoms with Crippen molar-refractivity contribution in [2.24, 2.45) is 0 Å². The summed E-state index contributed by atoms with van der Waals surface area (Å²) in [4.78, 5) is 4.10. The van der Waals surface area contributed by atoms with Crippen LogP contribution in [-0.2, 0) is 14.9 Å². The van der Waals surface area contributed by atoms with Crippen molar-refractivity contribution < 1.29 is 42.2 Å². The van der Waals surface area contributed by atoms with Crippen molar-refractivity contribution in [1.29, 1.82) is 0 Å². The second kappa shape index (κ2) is 5.95. The van der Waals surface area contributed by atoms with E-state index in [1.165, 1.54) is 6.07 Å². The Bertz CT molecular complexity index is 848. The average Bonchev–Trinajstić information content (AvgIpc) is 2.87. The molecule has 132 valence electrons. The Morgan fingerprint density at radius 2 is 1.88 bits per heavy atom. The van der Waals surface area contributed by atoms with Gasteiger partial charge in [-0.1, -0.05) is 6.07 Å². The van der Waals surface area contributed by atoms with E-state index in [0.29, 0.717) is 17.0 Å². The zero-order chi connectivity index (χ0) is 17.6. The van der Waals surface area contributed by atoms with Crippen LogP contribution in [0.2, 0.25) is 0 Å². The van der Waals surface area contributed by atoms with Crippen LogP contribution in [0.1, 0.15) is 5.89 Å². The summed E-state index contributed by atoms with van der Waals surface area (Å²) in [5.41, 5.74) is -1.48. The van der Waals surface area contributed by atoms with Gasteiger partial charge in [-0.25, -0.2) is 4.98 Å². The van der Waals surface area contributed by atoms with E-state index in [2.05, 4.69) is 4.98 Å². The summed E-state index contributed by atoms with van der Waals surface area (Å²) in [5, 5.41) is 29.4. The molecule has 24 heavy (non-hydrogen) atoms. The Balaban J connectivity index is 1.92. The molecular weight excluding hydrogens is 346 g/mol. The number of hydrogen-bond donors (Lipinski definition) is 4. The molecule has 0 radical (unpaired) electrons. The second-order valence-electron chi connectivity index (χ2n) is 5.31. The predicted molar refractivity (Wildman–Crippen MR) is 77.6 cm³/mol. The maximum absolute atomic E-state index is 11.3. The molecule has 5 atom stereocenters. The number of hydrogen-bond acceptors (Lipinski definition) is 9. The van der Waals surface area contributed by atoms with E-state index in [1.54, 1.807) is 19.1 Å². The van der Waals surface area contributed by atoms with Gasteiger partial charge >= 0.3 is 0 Å². The van der Waals surface area contributed by atoms with Crippen molar-refractivity contribution in [3.63, 3.8) is 0 Å². The third-order valence-electron chi connectivity index (χ3n) is 3.55. The first-order valence-corrected chi connectivity index (χ1v) is 8.37. The van der Waals surface area contributed by atoms with E-state index in [1.807, 2.05) is 0 Å². The van der Waals surface area contributed by atoms with Crippen molar-refractivity contribution >= 4 is 21.2 Å². The first-order chi connectivity index (χ1) is 11.2. The fourth-order valence-electron chi connectivity index (χ4n) is 2.42. The highest BCUT2D eigenvalue weighted by molar-refractivity contribution is 7.86. The molecule has 0 saturated carbocycles. The molecule has 3 rings (SSSR count). The summed E-state index contributed by atoms with van der Waals surface area (Å²) in [5.74, 6) is 0.462. The molecule has 1 unspecified atom stereocenters. The lowest BCUT2D eigenvalue weighted by Crippen LogP contribution is -2.61. The summed E-state index contributed by atoms with van der Waals surface area (Å²) in [6.45, 7) is 1.62. The highest BCUT2D eigenvalue weighted by Gasteiger charge is 2.50. The predicted octanol–water partition coefficient (Wildman–Crippen LogP) is -0.832. The van der Waals surface area contributed by atoms with Crippen LogP contribution in [0.4, 0.5) is 0 Å². The second-order valence-corrected chi connectivity index (χ2v) is 6.81. The quantitative estimate of drug-likeness (QED) is 0.508. The Kier molecular flexibility index (Phi) is 4.23. The number of aryl methyl sites for hydroxylation is 1. The number of para-hydroxylation sites is 1.